The van der Waals surface area contributed by atoms with Crippen LogP contribution in [0.4, 0.5) is 28.4 Å². The second kappa shape index (κ2) is 23.0. The Kier molecular flexibility index (Phi) is 17.0. The van der Waals surface area contributed by atoms with Gasteiger partial charge in [0.2, 0.25) is 0 Å². The number of ether oxygens (including phenoxy) is 1. The van der Waals surface area contributed by atoms with Gasteiger partial charge in [0.25, 0.3) is 21.6 Å². The number of morpholine rings is 1. The first-order valence-electron chi connectivity index (χ1n) is 23.0. The van der Waals surface area contributed by atoms with Crippen molar-refractivity contribution in [2.45, 2.75) is 36.1 Å². The molecule has 2 fully saturated rings. The molecule has 69 heavy (non-hydrogen) atoms. The molecule has 5 aromatic rings. The molecule has 0 saturated carbocycles. The number of piperazine rings is 1. The minimum atomic E-state index is -4.17. The highest BCUT2D eigenvalue weighted by Crippen LogP contribution is 2.40. The monoisotopic (exact) mass is 992 g/mol. The fraction of sp³-hybridized carbons (Fsp3) is 0.327. The van der Waals surface area contributed by atoms with Crippen LogP contribution in [-0.4, -0.2) is 119 Å². The molecule has 7 rings (SSSR count). The van der Waals surface area contributed by atoms with Crippen molar-refractivity contribution < 1.29 is 22.9 Å². The summed E-state index contributed by atoms with van der Waals surface area (Å²) < 4.78 is 37.6. The number of carbonyl (C=O) groups is 1. The maximum atomic E-state index is 14.3. The second-order valence-electron chi connectivity index (χ2n) is 17.4. The first kappa shape index (κ1) is 50.8. The molecule has 2 aliphatic heterocycles. The van der Waals surface area contributed by atoms with Crippen LogP contribution in [-0.2, 0) is 21.8 Å². The lowest BCUT2D eigenvalue weighted by atomic mass is 9.95. The van der Waals surface area contributed by atoms with Crippen molar-refractivity contribution in [1.29, 1.82) is 0 Å². The molecular formula is C52H61ClN8O6S2. The van der Waals surface area contributed by atoms with Gasteiger partial charge in [-0.25, -0.2) is 8.42 Å². The van der Waals surface area contributed by atoms with Gasteiger partial charge >= 0.3 is 0 Å². The number of hydrogen-bond acceptors (Lipinski definition) is 11. The third-order valence-corrected chi connectivity index (χ3v) is 15.1. The number of rotatable bonds is 19. The highest BCUT2D eigenvalue weighted by molar-refractivity contribution is 7.99. The highest BCUT2D eigenvalue weighted by Gasteiger charge is 2.31. The number of aromatic nitrogens is 1. The van der Waals surface area contributed by atoms with Crippen molar-refractivity contribution in [2.75, 3.05) is 98.7 Å². The molecule has 0 bridgehead atoms. The fourth-order valence-electron chi connectivity index (χ4n) is 8.59. The van der Waals surface area contributed by atoms with E-state index in [-0.39, 0.29) is 28.2 Å². The topological polar surface area (TPSA) is 146 Å². The van der Waals surface area contributed by atoms with E-state index >= 15 is 0 Å². The minimum absolute atomic E-state index is 0.0295. The molecular weight excluding hydrogens is 932 g/mol. The Morgan fingerprint density at radius 2 is 1.61 bits per heavy atom. The summed E-state index contributed by atoms with van der Waals surface area (Å²) >= 11 is 7.92. The van der Waals surface area contributed by atoms with Crippen molar-refractivity contribution >= 4 is 73.3 Å². The quantitative estimate of drug-likeness (QED) is 0.0353. The van der Waals surface area contributed by atoms with E-state index in [4.69, 9.17) is 16.3 Å². The number of benzene rings is 4. The Labute approximate surface area is 415 Å². The maximum Gasteiger partial charge on any atom is 0.293 e. The van der Waals surface area contributed by atoms with E-state index in [1.807, 2.05) is 101 Å². The lowest BCUT2D eigenvalue weighted by molar-refractivity contribution is -0.384. The molecule has 364 valence electrons. The molecule has 2 N–H and O–H groups in total. The second-order valence-corrected chi connectivity index (χ2v) is 20.8. The van der Waals surface area contributed by atoms with Gasteiger partial charge in [-0.1, -0.05) is 60.7 Å². The molecule has 0 spiro atoms. The van der Waals surface area contributed by atoms with Crippen molar-refractivity contribution in [3.8, 4) is 11.1 Å². The summed E-state index contributed by atoms with van der Waals surface area (Å²) in [5.41, 5.74) is 7.25. The number of nitrogens with one attached hydrogen (secondary N) is 2. The van der Waals surface area contributed by atoms with Gasteiger partial charge in [-0.05, 0) is 119 Å². The van der Waals surface area contributed by atoms with Crippen LogP contribution < -0.4 is 19.8 Å². The van der Waals surface area contributed by atoms with Crippen LogP contribution in [0.2, 0.25) is 0 Å². The Balaban J connectivity index is 1.04. The van der Waals surface area contributed by atoms with Crippen molar-refractivity contribution in [2.24, 2.45) is 7.05 Å². The Morgan fingerprint density at radius 3 is 2.25 bits per heavy atom. The third kappa shape index (κ3) is 12.6. The van der Waals surface area contributed by atoms with E-state index in [1.54, 1.807) is 30.0 Å². The smallest absolute Gasteiger partial charge is 0.293 e. The predicted octanol–water partition coefficient (Wildman–Crippen LogP) is 9.75. The number of carbonyl (C=O) groups excluding carboxylic acids is 1. The van der Waals surface area contributed by atoms with Crippen LogP contribution in [0.15, 0.2) is 137 Å². The minimum Gasteiger partial charge on any atom is -0.378 e. The first-order chi connectivity index (χ1) is 33.1. The van der Waals surface area contributed by atoms with E-state index in [9.17, 15) is 23.3 Å². The Bertz CT molecular complexity index is 2800. The largest absolute Gasteiger partial charge is 0.378 e. The average Bonchev–Trinajstić information content (AvgIpc) is 3.61. The molecule has 3 heterocycles. The van der Waals surface area contributed by atoms with Gasteiger partial charge in [-0.2, -0.15) is 0 Å². The molecule has 0 unspecified atom stereocenters. The molecule has 1 aromatic heterocycles. The zero-order valence-corrected chi connectivity index (χ0v) is 42.2. The molecule has 1 amide bonds. The lowest BCUT2D eigenvalue weighted by Crippen LogP contribution is -2.46. The number of hydrogen-bond donors (Lipinski definition) is 2. The summed E-state index contributed by atoms with van der Waals surface area (Å²) in [5.74, 6) is 0.634. The summed E-state index contributed by atoms with van der Waals surface area (Å²) in [6.07, 6.45) is 6.29. The number of thioether (sulfide) groups is 1. The van der Waals surface area contributed by atoms with Crippen LogP contribution in [0, 0.1) is 17.0 Å². The number of nitro groups is 1. The summed E-state index contributed by atoms with van der Waals surface area (Å²) in [4.78, 5) is 35.5. The van der Waals surface area contributed by atoms with Crippen LogP contribution in [0.1, 0.15) is 35.1 Å². The molecule has 2 saturated heterocycles. The number of nitro benzene ring substituents is 1. The van der Waals surface area contributed by atoms with E-state index < -0.39 is 14.9 Å². The summed E-state index contributed by atoms with van der Waals surface area (Å²) in [6.45, 7) is 13.6. The number of anilines is 4. The SMILES string of the molecule is C=C/C(=C\C=C(/C)Cl)c1c(-c2cccc(N3CCN(c4ccc(NS(=O)(=O)c5ccc(N[C@H](CCN(C)C)CSc6ccccc6)c([N+](=O)[O-])c5)cc4)CC3)c2)c(C(=O)N2CCOCC2)c(C)n1C. The number of sulfonamides is 1. The number of allylic oxidation sites excluding steroid dienone is 5. The lowest BCUT2D eigenvalue weighted by Gasteiger charge is -2.37. The van der Waals surface area contributed by atoms with Gasteiger partial charge in [-0.15, -0.1) is 11.8 Å². The molecule has 4 aromatic carbocycles. The van der Waals surface area contributed by atoms with E-state index in [1.165, 1.54) is 12.1 Å². The highest BCUT2D eigenvalue weighted by atomic mass is 35.5. The fourth-order valence-corrected chi connectivity index (χ4v) is 10.7. The summed E-state index contributed by atoms with van der Waals surface area (Å²) in [6, 6.07) is 29.3. The van der Waals surface area contributed by atoms with E-state index in [0.29, 0.717) is 61.4 Å². The number of amides is 1. The standard InChI is InChI=1S/C52H61ClN8O6S2/c1-7-39(17-16-37(2)53)51-50(49(38(3)57(51)6)52(62)60-30-32-67-33-31-60)40-12-11-13-44(34-40)59-28-26-58(27-29-59)43-20-18-41(19-21-43)55-69(65,66)46-22-23-47(48(35-46)61(63)64)54-42(24-25-56(4)5)36-68-45-14-9-8-10-15-45/h7-23,34-35,42,54-55H,1,24-33,36H2,2-6H3/b37-16+,39-17+/t42-/m1/s1. The molecule has 17 heteroatoms. The Morgan fingerprint density at radius 1 is 0.928 bits per heavy atom. The predicted molar refractivity (Wildman–Crippen MR) is 283 cm³/mol. The number of halogens is 1. The van der Waals surface area contributed by atoms with Gasteiger partial charge in [0.05, 0.1) is 34.3 Å². The molecule has 0 aliphatic carbocycles. The van der Waals surface area contributed by atoms with Crippen LogP contribution in [0.5, 0.6) is 0 Å². The summed E-state index contributed by atoms with van der Waals surface area (Å²) in [5, 5.41) is 16.3. The van der Waals surface area contributed by atoms with Crippen LogP contribution >= 0.6 is 23.4 Å². The van der Waals surface area contributed by atoms with Crippen LogP contribution in [0.3, 0.4) is 0 Å². The van der Waals surface area contributed by atoms with Gasteiger partial charge in [-0.3, -0.25) is 19.6 Å². The zero-order chi connectivity index (χ0) is 49.2. The van der Waals surface area contributed by atoms with E-state index in [2.05, 4.69) is 54.1 Å². The van der Waals surface area contributed by atoms with Crippen molar-refractivity contribution in [1.82, 2.24) is 14.4 Å². The third-order valence-electron chi connectivity index (χ3n) is 12.4. The van der Waals surface area contributed by atoms with Gasteiger partial charge < -0.3 is 34.2 Å². The maximum absolute atomic E-state index is 14.3. The zero-order valence-electron chi connectivity index (χ0n) is 39.9. The Hall–Kier alpha value is -6.04. The first-order valence-corrected chi connectivity index (χ1v) is 25.8. The van der Waals surface area contributed by atoms with Gasteiger partial charge in [0.1, 0.15) is 5.69 Å². The van der Waals surface area contributed by atoms with Gasteiger partial charge in [0.15, 0.2) is 0 Å². The van der Waals surface area contributed by atoms with Crippen molar-refractivity contribution in [3.63, 3.8) is 0 Å². The average molecular weight is 994 g/mol. The van der Waals surface area contributed by atoms with Gasteiger partial charge in [0, 0.05) is 102 Å². The molecule has 2 aliphatic rings. The molecule has 14 nitrogen and oxygen atoms in total. The summed E-state index contributed by atoms with van der Waals surface area (Å²) in [7, 11) is 1.76. The normalized spacial score (nSPS) is 15.3. The molecule has 0 radical (unpaired) electrons. The van der Waals surface area contributed by atoms with Crippen molar-refractivity contribution in [3.05, 3.63) is 154 Å². The van der Waals surface area contributed by atoms with E-state index in [0.717, 1.165) is 76.5 Å². The number of nitrogens with zero attached hydrogens (tertiary/aromatic N) is 6. The van der Waals surface area contributed by atoms with Crippen LogP contribution in [0.25, 0.3) is 16.7 Å². The molecule has 1 atom stereocenters.